The summed E-state index contributed by atoms with van der Waals surface area (Å²) in [6.45, 7) is 9.30. The molecule has 0 saturated heterocycles. The van der Waals surface area contributed by atoms with E-state index in [1.807, 2.05) is 0 Å². The zero-order valence-corrected chi connectivity index (χ0v) is 12.7. The number of nitro benzene ring substituents is 1. The number of nitrogens with zero attached hydrogens (tertiary/aromatic N) is 1. The number of benzene rings is 1. The molecule has 0 spiro atoms. The molecule has 0 aliphatic carbocycles. The summed E-state index contributed by atoms with van der Waals surface area (Å²) in [6.07, 6.45) is 0. The van der Waals surface area contributed by atoms with Crippen molar-refractivity contribution in [1.29, 1.82) is 0 Å². The van der Waals surface area contributed by atoms with Gasteiger partial charge in [0.25, 0.3) is 5.69 Å². The summed E-state index contributed by atoms with van der Waals surface area (Å²) in [6, 6.07) is 5.06. The van der Waals surface area contributed by atoms with Crippen LogP contribution in [-0.2, 0) is 0 Å². The predicted octanol–water partition coefficient (Wildman–Crippen LogP) is 4.45. The van der Waals surface area contributed by atoms with Gasteiger partial charge in [-0.15, -0.1) is 0 Å². The van der Waals surface area contributed by atoms with Crippen molar-refractivity contribution in [3.05, 3.63) is 32.8 Å². The molecule has 0 saturated carbocycles. The Morgan fingerprint density at radius 2 is 2.06 bits per heavy atom. The molecule has 0 amide bonds. The molecule has 4 nitrogen and oxygen atoms in total. The first-order valence-corrected chi connectivity index (χ1v) is 6.71. The number of hydrogen-bond donors (Lipinski definition) is 1. The van der Waals surface area contributed by atoms with Crippen molar-refractivity contribution < 1.29 is 4.92 Å². The summed E-state index contributed by atoms with van der Waals surface area (Å²) in [7, 11) is 0. The molecule has 100 valence electrons. The Labute approximate surface area is 116 Å². The van der Waals surface area contributed by atoms with Crippen LogP contribution in [0.3, 0.4) is 0 Å². The molecule has 0 aliphatic heterocycles. The smallest absolute Gasteiger partial charge is 0.293 e. The average Bonchev–Trinajstić information content (AvgIpc) is 2.27. The predicted molar refractivity (Wildman–Crippen MR) is 77.9 cm³/mol. The number of nitro groups is 1. The second-order valence-corrected chi connectivity index (χ2v) is 6.33. The molecule has 5 heteroatoms. The van der Waals surface area contributed by atoms with Crippen LogP contribution in [-0.4, -0.2) is 11.5 Å². The quantitative estimate of drug-likeness (QED) is 0.645. The molecule has 0 aliphatic rings. The highest BCUT2D eigenvalue weighted by Gasteiger charge is 2.23. The number of nitrogens with one attached hydrogen (secondary N) is 1. The molecule has 18 heavy (non-hydrogen) atoms. The van der Waals surface area contributed by atoms with Crippen LogP contribution in [0.4, 0.5) is 11.4 Å². The molecule has 0 fully saturated rings. The minimum Gasteiger partial charge on any atom is -0.379 e. The molecule has 0 aromatic heterocycles. The Bertz CT molecular complexity index is 445. The molecular weight excluding hydrogens is 296 g/mol. The van der Waals surface area contributed by atoms with Crippen LogP contribution in [0.5, 0.6) is 0 Å². The fourth-order valence-electron chi connectivity index (χ4n) is 1.33. The number of anilines is 1. The van der Waals surface area contributed by atoms with Gasteiger partial charge in [-0.2, -0.15) is 0 Å². The lowest BCUT2D eigenvalue weighted by molar-refractivity contribution is -0.384. The van der Waals surface area contributed by atoms with Gasteiger partial charge in [0.05, 0.1) is 4.92 Å². The molecule has 0 bridgehead atoms. The van der Waals surface area contributed by atoms with E-state index in [4.69, 9.17) is 0 Å². The van der Waals surface area contributed by atoms with Crippen LogP contribution >= 0.6 is 15.9 Å². The zero-order chi connectivity index (χ0) is 13.9. The van der Waals surface area contributed by atoms with E-state index in [0.717, 1.165) is 0 Å². The van der Waals surface area contributed by atoms with Crippen LogP contribution < -0.4 is 5.32 Å². The summed E-state index contributed by atoms with van der Waals surface area (Å²) < 4.78 is 0.711. The van der Waals surface area contributed by atoms with E-state index >= 15 is 0 Å². The largest absolute Gasteiger partial charge is 0.379 e. The van der Waals surface area contributed by atoms with E-state index in [2.05, 4.69) is 48.9 Å². The second kappa shape index (κ2) is 5.69. The third-order valence-corrected chi connectivity index (χ3v) is 3.95. The highest BCUT2D eigenvalue weighted by atomic mass is 79.9. The SMILES string of the molecule is CC(C)C(C)(C)CNc1ccc(Br)cc1[N+](=O)[O-]. The topological polar surface area (TPSA) is 55.2 Å². The van der Waals surface area contributed by atoms with Crippen molar-refractivity contribution >= 4 is 27.3 Å². The summed E-state index contributed by atoms with van der Waals surface area (Å²) in [5, 5.41) is 14.2. The van der Waals surface area contributed by atoms with Gasteiger partial charge in [0.1, 0.15) is 5.69 Å². The Morgan fingerprint density at radius 1 is 1.44 bits per heavy atom. The van der Waals surface area contributed by atoms with Gasteiger partial charge in [0.15, 0.2) is 0 Å². The maximum Gasteiger partial charge on any atom is 0.293 e. The summed E-state index contributed by atoms with van der Waals surface area (Å²) in [5.41, 5.74) is 0.752. The molecule has 1 aromatic rings. The number of hydrogen-bond acceptors (Lipinski definition) is 3. The number of rotatable bonds is 5. The lowest BCUT2D eigenvalue weighted by atomic mass is 9.81. The van der Waals surface area contributed by atoms with Crippen molar-refractivity contribution in [2.45, 2.75) is 27.7 Å². The van der Waals surface area contributed by atoms with E-state index in [1.165, 1.54) is 6.07 Å². The van der Waals surface area contributed by atoms with Gasteiger partial charge in [0, 0.05) is 17.1 Å². The van der Waals surface area contributed by atoms with Crippen LogP contribution in [0.1, 0.15) is 27.7 Å². The van der Waals surface area contributed by atoms with Crippen molar-refractivity contribution in [2.75, 3.05) is 11.9 Å². The van der Waals surface area contributed by atoms with Gasteiger partial charge in [-0.1, -0.05) is 43.6 Å². The Hall–Kier alpha value is -1.10. The first kappa shape index (κ1) is 15.0. The minimum atomic E-state index is -0.366. The van der Waals surface area contributed by atoms with Gasteiger partial charge in [-0.3, -0.25) is 10.1 Å². The third-order valence-electron chi connectivity index (χ3n) is 3.45. The monoisotopic (exact) mass is 314 g/mol. The molecular formula is C13H19BrN2O2. The van der Waals surface area contributed by atoms with E-state index in [0.29, 0.717) is 22.6 Å². The average molecular weight is 315 g/mol. The van der Waals surface area contributed by atoms with Crippen LogP contribution in [0.25, 0.3) is 0 Å². The van der Waals surface area contributed by atoms with Crippen molar-refractivity contribution in [2.24, 2.45) is 11.3 Å². The van der Waals surface area contributed by atoms with E-state index in [9.17, 15) is 10.1 Å². The van der Waals surface area contributed by atoms with Crippen molar-refractivity contribution in [3.8, 4) is 0 Å². The van der Waals surface area contributed by atoms with Crippen molar-refractivity contribution in [1.82, 2.24) is 0 Å². The summed E-state index contributed by atoms with van der Waals surface area (Å²) in [5.74, 6) is 0.500. The molecule has 0 atom stereocenters. The zero-order valence-electron chi connectivity index (χ0n) is 11.2. The van der Waals surface area contributed by atoms with Gasteiger partial charge in [0.2, 0.25) is 0 Å². The highest BCUT2D eigenvalue weighted by Crippen LogP contribution is 2.31. The summed E-state index contributed by atoms with van der Waals surface area (Å²) >= 11 is 3.25. The van der Waals surface area contributed by atoms with Crippen molar-refractivity contribution in [3.63, 3.8) is 0 Å². The Kier molecular flexibility index (Phi) is 4.73. The summed E-state index contributed by atoms with van der Waals surface area (Å²) in [4.78, 5) is 10.6. The Morgan fingerprint density at radius 3 is 2.56 bits per heavy atom. The van der Waals surface area contributed by atoms with Gasteiger partial charge < -0.3 is 5.32 Å². The lowest BCUT2D eigenvalue weighted by Crippen LogP contribution is -2.28. The fraction of sp³-hybridized carbons (Fsp3) is 0.538. The molecule has 0 unspecified atom stereocenters. The van der Waals surface area contributed by atoms with Crippen LogP contribution in [0.2, 0.25) is 0 Å². The normalized spacial score (nSPS) is 11.7. The lowest BCUT2D eigenvalue weighted by Gasteiger charge is -2.29. The highest BCUT2D eigenvalue weighted by molar-refractivity contribution is 9.10. The maximum absolute atomic E-state index is 11.0. The molecule has 1 aromatic carbocycles. The maximum atomic E-state index is 11.0. The first-order valence-electron chi connectivity index (χ1n) is 5.92. The fourth-order valence-corrected chi connectivity index (χ4v) is 1.68. The van der Waals surface area contributed by atoms with E-state index in [-0.39, 0.29) is 16.0 Å². The second-order valence-electron chi connectivity index (χ2n) is 5.42. The molecule has 0 radical (unpaired) electrons. The minimum absolute atomic E-state index is 0.0843. The van der Waals surface area contributed by atoms with Gasteiger partial charge in [-0.25, -0.2) is 0 Å². The standard InChI is InChI=1S/C13H19BrN2O2/c1-9(2)13(3,4)8-15-11-6-5-10(14)7-12(11)16(17)18/h5-7,9,15H,8H2,1-4H3. The van der Waals surface area contributed by atoms with Gasteiger partial charge >= 0.3 is 0 Å². The molecule has 1 N–H and O–H groups in total. The van der Waals surface area contributed by atoms with Crippen LogP contribution in [0, 0.1) is 21.4 Å². The molecule has 0 heterocycles. The third kappa shape index (κ3) is 3.70. The van der Waals surface area contributed by atoms with E-state index in [1.54, 1.807) is 12.1 Å². The van der Waals surface area contributed by atoms with Crippen LogP contribution in [0.15, 0.2) is 22.7 Å². The van der Waals surface area contributed by atoms with E-state index < -0.39 is 0 Å². The molecule has 1 rings (SSSR count). The Balaban J connectivity index is 2.89. The first-order chi connectivity index (χ1) is 8.24. The van der Waals surface area contributed by atoms with Gasteiger partial charge in [-0.05, 0) is 23.5 Å². The number of halogens is 1.